The highest BCUT2D eigenvalue weighted by Crippen LogP contribution is 1.75. The van der Waals surface area contributed by atoms with Crippen LogP contribution in [0.2, 0.25) is 0 Å². The number of nitrogens with zero attached hydrogens (tertiary/aromatic N) is 1. The second-order valence-corrected chi connectivity index (χ2v) is 1.77. The molecule has 1 heterocycles. The highest BCUT2D eigenvalue weighted by atomic mass is 16.4. The maximum absolute atomic E-state index is 10.8. The molecule has 6 heteroatoms. The van der Waals surface area contributed by atoms with Crippen LogP contribution in [0, 0.1) is 0 Å². The molecule has 1 aromatic rings. The van der Waals surface area contributed by atoms with Gasteiger partial charge in [0.15, 0.2) is 0 Å². The van der Waals surface area contributed by atoms with Crippen LogP contribution in [-0.2, 0) is 0 Å². The van der Waals surface area contributed by atoms with Crippen LogP contribution >= 0.6 is 0 Å². The quantitative estimate of drug-likeness (QED) is 0.272. The minimum Gasteiger partial charge on any atom is -0.411 e. The lowest BCUT2D eigenvalue weighted by molar-refractivity contribution is 0.322. The minimum absolute atomic E-state index is 0.0899. The molecule has 3 N–H and O–H groups in total. The van der Waals surface area contributed by atoms with E-state index in [1.54, 1.807) is 0 Å². The van der Waals surface area contributed by atoms with Gasteiger partial charge in [0.2, 0.25) is 0 Å². The van der Waals surface area contributed by atoms with E-state index in [-0.39, 0.29) is 5.56 Å². The number of aromatic amines is 2. The average Bonchev–Trinajstić information content (AvgIpc) is 1.95. The Bertz CT molecular complexity index is 375. The second kappa shape index (κ2) is 2.82. The van der Waals surface area contributed by atoms with E-state index in [0.29, 0.717) is 0 Å². The monoisotopic (exact) mass is 155 g/mol. The molecule has 0 fully saturated rings. The molecule has 0 atom stereocenters. The van der Waals surface area contributed by atoms with Crippen LogP contribution in [0.5, 0.6) is 0 Å². The van der Waals surface area contributed by atoms with E-state index in [9.17, 15) is 9.59 Å². The van der Waals surface area contributed by atoms with E-state index in [4.69, 9.17) is 5.21 Å². The summed E-state index contributed by atoms with van der Waals surface area (Å²) in [6, 6.07) is 0. The largest absolute Gasteiger partial charge is 0.411 e. The molecule has 1 aromatic heterocycles. The van der Waals surface area contributed by atoms with Crippen LogP contribution in [0.1, 0.15) is 5.56 Å². The summed E-state index contributed by atoms with van der Waals surface area (Å²) in [6.45, 7) is 0. The number of oxime groups is 1. The van der Waals surface area contributed by atoms with Crippen molar-refractivity contribution < 1.29 is 5.21 Å². The van der Waals surface area contributed by atoms with Gasteiger partial charge in [0.1, 0.15) is 0 Å². The summed E-state index contributed by atoms with van der Waals surface area (Å²) in [6.07, 6.45) is 2.08. The highest BCUT2D eigenvalue weighted by Gasteiger charge is 1.94. The van der Waals surface area contributed by atoms with Crippen LogP contribution in [0.15, 0.2) is 20.9 Å². The van der Waals surface area contributed by atoms with E-state index in [0.717, 1.165) is 12.4 Å². The molecule has 0 aliphatic carbocycles. The van der Waals surface area contributed by atoms with Gasteiger partial charge in [-0.3, -0.25) is 9.78 Å². The van der Waals surface area contributed by atoms with E-state index in [1.165, 1.54) is 0 Å². The van der Waals surface area contributed by atoms with Crippen molar-refractivity contribution in [3.63, 3.8) is 0 Å². The summed E-state index contributed by atoms with van der Waals surface area (Å²) in [7, 11) is 0. The number of nitrogens with one attached hydrogen (secondary N) is 2. The molecule has 6 nitrogen and oxygen atoms in total. The molecule has 0 unspecified atom stereocenters. The Labute approximate surface area is 60.2 Å². The van der Waals surface area contributed by atoms with Gasteiger partial charge in [0.05, 0.1) is 11.8 Å². The van der Waals surface area contributed by atoms with Gasteiger partial charge in [0, 0.05) is 6.20 Å². The van der Waals surface area contributed by atoms with Gasteiger partial charge in [-0.2, -0.15) is 0 Å². The van der Waals surface area contributed by atoms with Gasteiger partial charge >= 0.3 is 5.69 Å². The lowest BCUT2D eigenvalue weighted by atomic mass is 10.4. The molecule has 58 valence electrons. The van der Waals surface area contributed by atoms with Crippen molar-refractivity contribution in [1.29, 1.82) is 0 Å². The van der Waals surface area contributed by atoms with Crippen molar-refractivity contribution in [2.24, 2.45) is 5.16 Å². The molecule has 1 rings (SSSR count). The zero-order chi connectivity index (χ0) is 8.27. The first-order chi connectivity index (χ1) is 5.24. The molecule has 0 bridgehead atoms. The molecular weight excluding hydrogens is 150 g/mol. The Morgan fingerprint density at radius 3 is 2.82 bits per heavy atom. The predicted octanol–water partition coefficient (Wildman–Crippen LogP) is -1.13. The zero-order valence-corrected chi connectivity index (χ0v) is 5.37. The summed E-state index contributed by atoms with van der Waals surface area (Å²) >= 11 is 0. The van der Waals surface area contributed by atoms with E-state index in [2.05, 4.69) is 10.1 Å². The molecule has 0 spiro atoms. The number of hydrogen-bond acceptors (Lipinski definition) is 4. The molecular formula is C5H5N3O3. The number of H-pyrrole nitrogens is 2. The Morgan fingerprint density at radius 1 is 1.55 bits per heavy atom. The van der Waals surface area contributed by atoms with Crippen LogP contribution in [0.25, 0.3) is 0 Å². The molecule has 0 radical (unpaired) electrons. The number of rotatable bonds is 1. The molecule has 11 heavy (non-hydrogen) atoms. The maximum Gasteiger partial charge on any atom is 0.325 e. The Balaban J connectivity index is 3.31. The van der Waals surface area contributed by atoms with Gasteiger partial charge in [-0.1, -0.05) is 5.16 Å². The Kier molecular flexibility index (Phi) is 1.86. The normalized spacial score (nSPS) is 10.5. The van der Waals surface area contributed by atoms with Crippen molar-refractivity contribution in [1.82, 2.24) is 9.97 Å². The van der Waals surface area contributed by atoms with Gasteiger partial charge in [-0.25, -0.2) is 4.79 Å². The first kappa shape index (κ1) is 7.26. The molecule has 0 aromatic carbocycles. The Hall–Kier alpha value is -1.85. The fraction of sp³-hybridized carbons (Fsp3) is 0. The lowest BCUT2D eigenvalue weighted by Gasteiger charge is -1.86. The summed E-state index contributed by atoms with van der Waals surface area (Å²) < 4.78 is 0. The zero-order valence-electron chi connectivity index (χ0n) is 5.37. The number of aromatic nitrogens is 2. The molecule has 0 amide bonds. The van der Waals surface area contributed by atoms with Crippen molar-refractivity contribution in [3.8, 4) is 0 Å². The van der Waals surface area contributed by atoms with Crippen molar-refractivity contribution in [2.75, 3.05) is 0 Å². The molecule has 0 saturated carbocycles. The SMILES string of the molecule is O=c1[nH]cc(/C=N/O)c(=O)[nH]1. The smallest absolute Gasteiger partial charge is 0.325 e. The third-order valence-corrected chi connectivity index (χ3v) is 1.04. The van der Waals surface area contributed by atoms with Crippen LogP contribution in [0.3, 0.4) is 0 Å². The first-order valence-corrected chi connectivity index (χ1v) is 2.73. The number of hydrogen-bond donors (Lipinski definition) is 3. The summed E-state index contributed by atoms with van der Waals surface area (Å²) in [5.41, 5.74) is -1.09. The van der Waals surface area contributed by atoms with E-state index >= 15 is 0 Å². The Morgan fingerprint density at radius 2 is 2.27 bits per heavy atom. The highest BCUT2D eigenvalue weighted by molar-refractivity contribution is 5.77. The second-order valence-electron chi connectivity index (χ2n) is 1.77. The van der Waals surface area contributed by atoms with E-state index < -0.39 is 11.2 Å². The fourth-order valence-electron chi connectivity index (χ4n) is 0.578. The topological polar surface area (TPSA) is 98.3 Å². The van der Waals surface area contributed by atoms with E-state index in [1.807, 2.05) is 4.98 Å². The first-order valence-electron chi connectivity index (χ1n) is 2.73. The third-order valence-electron chi connectivity index (χ3n) is 1.04. The summed E-state index contributed by atoms with van der Waals surface area (Å²) in [5, 5.41) is 10.7. The van der Waals surface area contributed by atoms with Crippen LogP contribution in [0.4, 0.5) is 0 Å². The average molecular weight is 155 g/mol. The summed E-state index contributed by atoms with van der Waals surface area (Å²) in [4.78, 5) is 25.3. The van der Waals surface area contributed by atoms with Crippen molar-refractivity contribution in [2.45, 2.75) is 0 Å². The van der Waals surface area contributed by atoms with Gasteiger partial charge in [-0.05, 0) is 0 Å². The van der Waals surface area contributed by atoms with Crippen molar-refractivity contribution in [3.05, 3.63) is 32.6 Å². The molecule has 0 saturated heterocycles. The van der Waals surface area contributed by atoms with Crippen LogP contribution in [-0.4, -0.2) is 21.4 Å². The standard InChI is InChI=1S/C5H5N3O3/c9-4-3(2-7-11)1-6-5(10)8-4/h1-2,11H,(H2,6,8,9,10)/b7-2+. The van der Waals surface area contributed by atoms with Gasteiger partial charge < -0.3 is 10.2 Å². The molecule has 0 aliphatic rings. The lowest BCUT2D eigenvalue weighted by Crippen LogP contribution is -2.24. The van der Waals surface area contributed by atoms with Gasteiger partial charge in [-0.15, -0.1) is 0 Å². The molecule has 0 aliphatic heterocycles. The maximum atomic E-state index is 10.8. The predicted molar refractivity (Wildman–Crippen MR) is 37.1 cm³/mol. The summed E-state index contributed by atoms with van der Waals surface area (Å²) in [5.74, 6) is 0. The minimum atomic E-state index is -0.593. The third kappa shape index (κ3) is 1.54. The van der Waals surface area contributed by atoms with Crippen LogP contribution < -0.4 is 11.2 Å². The fourth-order valence-corrected chi connectivity index (χ4v) is 0.578. The van der Waals surface area contributed by atoms with Crippen molar-refractivity contribution >= 4 is 6.21 Å². The van der Waals surface area contributed by atoms with Gasteiger partial charge in [0.25, 0.3) is 5.56 Å².